The molecule has 6 atom stereocenters. The molecule has 0 amide bonds. The molecule has 2 aliphatic carbocycles. The molecule has 2 rings (SSSR count). The van der Waals surface area contributed by atoms with Gasteiger partial charge in [0.05, 0.1) is 7.11 Å². The molecule has 0 spiro atoms. The van der Waals surface area contributed by atoms with Gasteiger partial charge in [-0.2, -0.15) is 25.3 Å². The molecule has 4 heteroatoms. The van der Waals surface area contributed by atoms with Crippen molar-refractivity contribution in [3.63, 3.8) is 0 Å². The van der Waals surface area contributed by atoms with Crippen LogP contribution in [-0.4, -0.2) is 22.2 Å². The largest absolute Gasteiger partial charge is 0.240 e. The Morgan fingerprint density at radius 3 is 2.32 bits per heavy atom. The van der Waals surface area contributed by atoms with E-state index in [-0.39, 0.29) is 20.5 Å². The van der Waals surface area contributed by atoms with Gasteiger partial charge in [-0.05, 0) is 55.8 Å². The molecule has 0 aromatic carbocycles. The molecular weight excluding hydrogens is 348 g/mol. The third kappa shape index (κ3) is 3.54. The zero-order valence-corrected chi connectivity index (χ0v) is 19.2. The molecular formula is C21H40O2S2. The Hall–Kier alpha value is 0.620. The van der Waals surface area contributed by atoms with Crippen molar-refractivity contribution >= 4 is 25.3 Å². The normalized spacial score (nSPS) is 45.0. The predicted molar refractivity (Wildman–Crippen MR) is 114 cm³/mol. The van der Waals surface area contributed by atoms with E-state index in [0.29, 0.717) is 17.8 Å². The molecule has 0 saturated heterocycles. The molecule has 0 aromatic heterocycles. The van der Waals surface area contributed by atoms with E-state index < -0.39 is 0 Å². The minimum atomic E-state index is -0.274. The first-order chi connectivity index (χ1) is 11.5. The highest BCUT2D eigenvalue weighted by atomic mass is 32.1. The molecule has 0 radical (unpaired) electrons. The second-order valence-corrected chi connectivity index (χ2v) is 11.3. The van der Waals surface area contributed by atoms with Crippen molar-refractivity contribution < 1.29 is 9.78 Å². The number of hydrogen-bond acceptors (Lipinski definition) is 4. The summed E-state index contributed by atoms with van der Waals surface area (Å²) in [7, 11) is 1.66. The van der Waals surface area contributed by atoms with E-state index >= 15 is 0 Å². The van der Waals surface area contributed by atoms with Crippen LogP contribution >= 0.6 is 25.3 Å². The fourth-order valence-corrected chi connectivity index (χ4v) is 7.67. The van der Waals surface area contributed by atoms with Crippen LogP contribution in [0, 0.1) is 23.2 Å². The van der Waals surface area contributed by atoms with E-state index in [1.807, 2.05) is 0 Å². The van der Waals surface area contributed by atoms with Gasteiger partial charge >= 0.3 is 0 Å². The van der Waals surface area contributed by atoms with Crippen LogP contribution < -0.4 is 0 Å². The van der Waals surface area contributed by atoms with Crippen molar-refractivity contribution in [1.82, 2.24) is 0 Å². The van der Waals surface area contributed by atoms with Gasteiger partial charge in [0.25, 0.3) is 0 Å². The minimum absolute atomic E-state index is 0.0264. The lowest BCUT2D eigenvalue weighted by Gasteiger charge is -2.66. The van der Waals surface area contributed by atoms with Gasteiger partial charge in [0.1, 0.15) is 5.60 Å². The van der Waals surface area contributed by atoms with Crippen molar-refractivity contribution in [3.8, 4) is 0 Å². The summed E-state index contributed by atoms with van der Waals surface area (Å²) in [5, 5.41) is 0. The van der Waals surface area contributed by atoms with Gasteiger partial charge in [0.15, 0.2) is 0 Å². The van der Waals surface area contributed by atoms with E-state index in [1.165, 1.54) is 12.8 Å². The van der Waals surface area contributed by atoms with E-state index in [0.717, 1.165) is 32.1 Å². The standard InChI is InChI=1S/C21H40O2S2/c1-8-10-16(4)21(25)17-15(3)13-19(24,9-2)14-20(17,23-22-7)12-11-18(21,5)6/h15-17,24-25H,8-14H2,1-7H3/t15?,16?,17?,19-,20+,21+/m1/s1. The molecule has 0 heterocycles. The lowest BCUT2D eigenvalue weighted by molar-refractivity contribution is -0.384. The Morgan fingerprint density at radius 1 is 1.16 bits per heavy atom. The van der Waals surface area contributed by atoms with Gasteiger partial charge in [-0.15, -0.1) is 0 Å². The molecule has 25 heavy (non-hydrogen) atoms. The Kier molecular flexibility index (Phi) is 6.63. The number of hydrogen-bond donors (Lipinski definition) is 2. The summed E-state index contributed by atoms with van der Waals surface area (Å²) in [5.74, 6) is 1.43. The van der Waals surface area contributed by atoms with Gasteiger partial charge in [0, 0.05) is 15.4 Å². The van der Waals surface area contributed by atoms with Gasteiger partial charge in [-0.1, -0.05) is 48.0 Å². The molecule has 2 saturated carbocycles. The second kappa shape index (κ2) is 7.56. The summed E-state index contributed by atoms with van der Waals surface area (Å²) in [4.78, 5) is 11.5. The van der Waals surface area contributed by atoms with Crippen LogP contribution in [0.15, 0.2) is 0 Å². The molecule has 3 unspecified atom stereocenters. The van der Waals surface area contributed by atoms with Crippen LogP contribution in [0.4, 0.5) is 0 Å². The summed E-state index contributed by atoms with van der Waals surface area (Å²) in [6.07, 6.45) is 7.71. The van der Waals surface area contributed by atoms with E-state index in [1.54, 1.807) is 7.11 Å². The molecule has 0 bridgehead atoms. The predicted octanol–water partition coefficient (Wildman–Crippen LogP) is 6.35. The lowest BCUT2D eigenvalue weighted by Crippen LogP contribution is -2.69. The second-order valence-electron chi connectivity index (χ2n) is 9.63. The van der Waals surface area contributed by atoms with Crippen LogP contribution in [0.1, 0.15) is 86.5 Å². The highest BCUT2D eigenvalue weighted by molar-refractivity contribution is 7.82. The third-order valence-electron chi connectivity index (χ3n) is 7.58. The summed E-state index contributed by atoms with van der Waals surface area (Å²) in [6.45, 7) is 14.2. The maximum atomic E-state index is 6.16. The third-order valence-corrected chi connectivity index (χ3v) is 9.56. The SMILES string of the molecule is CCCC(C)[C@]1(S)C2C(C)C[C@](S)(CC)C[C@@]2(OOC)CCC1(C)C. The number of thiol groups is 2. The van der Waals surface area contributed by atoms with Gasteiger partial charge in [-0.25, -0.2) is 9.78 Å². The smallest absolute Gasteiger partial charge is 0.109 e. The average molecular weight is 389 g/mol. The van der Waals surface area contributed by atoms with Crippen LogP contribution in [0.5, 0.6) is 0 Å². The van der Waals surface area contributed by atoms with Crippen molar-refractivity contribution in [1.29, 1.82) is 0 Å². The molecule has 2 fully saturated rings. The average Bonchev–Trinajstić information content (AvgIpc) is 2.51. The maximum Gasteiger partial charge on any atom is 0.109 e. The summed E-state index contributed by atoms with van der Waals surface area (Å²) in [5.41, 5.74) is -0.101. The molecule has 2 nitrogen and oxygen atoms in total. The van der Waals surface area contributed by atoms with Crippen molar-refractivity contribution in [2.45, 2.75) is 102 Å². The maximum absolute atomic E-state index is 6.16. The van der Waals surface area contributed by atoms with Crippen molar-refractivity contribution in [2.75, 3.05) is 7.11 Å². The summed E-state index contributed by atoms with van der Waals surface area (Å²) < 4.78 is -0.0410. The summed E-state index contributed by atoms with van der Waals surface area (Å²) >= 11 is 10.6. The Balaban J connectivity index is 2.56. The van der Waals surface area contributed by atoms with Gasteiger partial charge in [-0.3, -0.25) is 0 Å². The quantitative estimate of drug-likeness (QED) is 0.314. The topological polar surface area (TPSA) is 18.5 Å². The van der Waals surface area contributed by atoms with Crippen LogP contribution in [0.2, 0.25) is 0 Å². The lowest BCUT2D eigenvalue weighted by atomic mass is 9.47. The Labute approximate surface area is 166 Å². The Morgan fingerprint density at radius 2 is 1.80 bits per heavy atom. The molecule has 148 valence electrons. The van der Waals surface area contributed by atoms with Crippen molar-refractivity contribution in [2.24, 2.45) is 23.2 Å². The zero-order valence-electron chi connectivity index (χ0n) is 17.4. The van der Waals surface area contributed by atoms with Gasteiger partial charge < -0.3 is 0 Å². The Bertz CT molecular complexity index is 469. The van der Waals surface area contributed by atoms with Gasteiger partial charge in [0.2, 0.25) is 0 Å². The molecule has 2 aliphatic rings. The van der Waals surface area contributed by atoms with Crippen molar-refractivity contribution in [3.05, 3.63) is 0 Å². The minimum Gasteiger partial charge on any atom is -0.240 e. The molecule has 0 aliphatic heterocycles. The fourth-order valence-electron chi connectivity index (χ4n) is 6.38. The highest BCUT2D eigenvalue weighted by Gasteiger charge is 2.67. The highest BCUT2D eigenvalue weighted by Crippen LogP contribution is 2.66. The molecule has 0 aromatic rings. The monoisotopic (exact) mass is 388 g/mol. The molecule has 0 N–H and O–H groups in total. The number of fused-ring (bicyclic) bond motifs is 1. The van der Waals surface area contributed by atoms with Crippen LogP contribution in [0.3, 0.4) is 0 Å². The number of rotatable bonds is 6. The summed E-state index contributed by atoms with van der Waals surface area (Å²) in [6, 6.07) is 0. The van der Waals surface area contributed by atoms with E-state index in [9.17, 15) is 0 Å². The zero-order chi connectivity index (χ0) is 19.1. The first kappa shape index (κ1) is 21.9. The fraction of sp³-hybridized carbons (Fsp3) is 1.00. The van der Waals surface area contributed by atoms with E-state index in [4.69, 9.17) is 35.0 Å². The first-order valence-corrected chi connectivity index (χ1v) is 11.1. The van der Waals surface area contributed by atoms with Crippen LogP contribution in [0.25, 0.3) is 0 Å². The van der Waals surface area contributed by atoms with E-state index in [2.05, 4.69) is 41.5 Å². The first-order valence-electron chi connectivity index (χ1n) is 10.2. The van der Waals surface area contributed by atoms with Crippen LogP contribution in [-0.2, 0) is 9.78 Å².